The van der Waals surface area contributed by atoms with E-state index in [0.29, 0.717) is 5.82 Å². The minimum Gasteiger partial charge on any atom is -0.309 e. The minimum atomic E-state index is 0.666. The summed E-state index contributed by atoms with van der Waals surface area (Å²) in [6.45, 7) is 0. The minimum absolute atomic E-state index is 0.666. The van der Waals surface area contributed by atoms with Crippen LogP contribution < -0.4 is 0 Å². The van der Waals surface area contributed by atoms with E-state index in [9.17, 15) is 0 Å². The number of nitrogens with zero attached hydrogens (tertiary/aromatic N) is 6. The Balaban J connectivity index is 1.04. The second-order valence-corrected chi connectivity index (χ2v) is 13.4. The summed E-state index contributed by atoms with van der Waals surface area (Å²) in [6, 6.07) is 62.4. The van der Waals surface area contributed by atoms with Crippen LogP contribution in [-0.4, -0.2) is 29.5 Å². The highest BCUT2D eigenvalue weighted by molar-refractivity contribution is 6.09. The molecule has 6 nitrogen and oxygen atoms in total. The highest BCUT2D eigenvalue weighted by Gasteiger charge is 2.15. The molecule has 0 aliphatic heterocycles. The van der Waals surface area contributed by atoms with Gasteiger partial charge in [0.1, 0.15) is 0 Å². The molecule has 55 heavy (non-hydrogen) atoms. The van der Waals surface area contributed by atoms with Crippen molar-refractivity contribution in [3.8, 4) is 73.5 Å². The van der Waals surface area contributed by atoms with Crippen LogP contribution in [-0.2, 0) is 0 Å². The number of hydrogen-bond donors (Lipinski definition) is 0. The van der Waals surface area contributed by atoms with Gasteiger partial charge in [0.25, 0.3) is 0 Å². The van der Waals surface area contributed by atoms with Crippen LogP contribution in [0.4, 0.5) is 0 Å². The predicted molar refractivity (Wildman–Crippen MR) is 222 cm³/mol. The highest BCUT2D eigenvalue weighted by atomic mass is 15.0. The van der Waals surface area contributed by atoms with Gasteiger partial charge in [-0.05, 0) is 77.9 Å². The van der Waals surface area contributed by atoms with Gasteiger partial charge in [0, 0.05) is 45.5 Å². The van der Waals surface area contributed by atoms with Crippen molar-refractivity contribution in [2.24, 2.45) is 0 Å². The predicted octanol–water partition coefficient (Wildman–Crippen LogP) is 11.8. The molecule has 5 heterocycles. The zero-order chi connectivity index (χ0) is 36.6. The topological polar surface area (TPSA) is 69.4 Å². The molecule has 5 aromatic carbocycles. The summed E-state index contributed by atoms with van der Waals surface area (Å²) in [6.07, 6.45) is 3.67. The van der Waals surface area contributed by atoms with Crippen LogP contribution in [0.1, 0.15) is 0 Å². The van der Waals surface area contributed by atoms with Crippen molar-refractivity contribution in [2.45, 2.75) is 0 Å². The molecular formula is C49H32N6. The van der Waals surface area contributed by atoms with Gasteiger partial charge in [-0.1, -0.05) is 115 Å². The zero-order valence-electron chi connectivity index (χ0n) is 29.7. The fourth-order valence-electron chi connectivity index (χ4n) is 7.24. The van der Waals surface area contributed by atoms with Crippen molar-refractivity contribution >= 4 is 21.8 Å². The summed E-state index contributed by atoms with van der Waals surface area (Å²) in [7, 11) is 0. The molecule has 0 N–H and O–H groups in total. The van der Waals surface area contributed by atoms with Gasteiger partial charge in [0.05, 0.1) is 45.2 Å². The maximum atomic E-state index is 5.08. The van der Waals surface area contributed by atoms with Gasteiger partial charge in [-0.25, -0.2) is 15.0 Å². The maximum Gasteiger partial charge on any atom is 0.160 e. The number of rotatable bonds is 7. The molecule has 258 valence electrons. The zero-order valence-corrected chi connectivity index (χ0v) is 29.7. The Hall–Kier alpha value is -7.57. The molecule has 6 heteroatoms. The first kappa shape index (κ1) is 32.1. The molecule has 0 saturated carbocycles. The fraction of sp³-hybridized carbons (Fsp3) is 0. The lowest BCUT2D eigenvalue weighted by atomic mass is 10.0. The molecule has 0 unspecified atom stereocenters. The van der Waals surface area contributed by atoms with E-state index >= 15 is 0 Å². The van der Waals surface area contributed by atoms with E-state index in [-0.39, 0.29) is 0 Å². The molecule has 0 aliphatic rings. The number of aromatic nitrogens is 6. The van der Waals surface area contributed by atoms with Crippen LogP contribution >= 0.6 is 0 Å². The highest BCUT2D eigenvalue weighted by Crippen LogP contribution is 2.35. The summed E-state index contributed by atoms with van der Waals surface area (Å²) < 4.78 is 2.33. The first-order valence-electron chi connectivity index (χ1n) is 18.2. The van der Waals surface area contributed by atoms with E-state index in [2.05, 4.69) is 113 Å². The molecule has 0 bridgehead atoms. The normalized spacial score (nSPS) is 11.3. The number of benzene rings is 5. The first-order valence-corrected chi connectivity index (χ1v) is 18.2. The van der Waals surface area contributed by atoms with Crippen molar-refractivity contribution in [2.75, 3.05) is 0 Å². The number of pyridine rings is 3. The van der Waals surface area contributed by atoms with Crippen LogP contribution in [0.2, 0.25) is 0 Å². The second kappa shape index (κ2) is 13.8. The van der Waals surface area contributed by atoms with E-state index in [1.165, 1.54) is 21.8 Å². The maximum absolute atomic E-state index is 5.08. The van der Waals surface area contributed by atoms with Crippen molar-refractivity contribution in [3.05, 3.63) is 194 Å². The summed E-state index contributed by atoms with van der Waals surface area (Å²) in [5.41, 5.74) is 13.2. The Morgan fingerprint density at radius 2 is 0.891 bits per heavy atom. The van der Waals surface area contributed by atoms with E-state index in [4.69, 9.17) is 19.9 Å². The monoisotopic (exact) mass is 704 g/mol. The Morgan fingerprint density at radius 3 is 1.51 bits per heavy atom. The van der Waals surface area contributed by atoms with Gasteiger partial charge in [-0.2, -0.15) is 0 Å². The van der Waals surface area contributed by atoms with Crippen molar-refractivity contribution in [1.29, 1.82) is 0 Å². The van der Waals surface area contributed by atoms with Gasteiger partial charge in [0.2, 0.25) is 0 Å². The van der Waals surface area contributed by atoms with Gasteiger partial charge in [-0.15, -0.1) is 0 Å². The standard InChI is InChI=1S/C49H32N6/c1-3-13-34(14-4-1)43-31-44(54-49(53-43)35-15-5-2-6-16-35)36-24-27-42(51-32-36)46-30-37(29-45(52-46)41-19-11-12-28-50-41)33-22-25-38(26-23-33)55-47-20-9-7-17-39(47)40-18-8-10-21-48(40)55/h1-32H. The largest absolute Gasteiger partial charge is 0.309 e. The van der Waals surface area contributed by atoms with Gasteiger partial charge >= 0.3 is 0 Å². The lowest BCUT2D eigenvalue weighted by Gasteiger charge is -2.12. The third-order valence-corrected chi connectivity index (χ3v) is 9.94. The van der Waals surface area contributed by atoms with Crippen molar-refractivity contribution in [3.63, 3.8) is 0 Å². The van der Waals surface area contributed by atoms with Crippen molar-refractivity contribution < 1.29 is 0 Å². The molecule has 5 aromatic heterocycles. The summed E-state index contributed by atoms with van der Waals surface area (Å²) >= 11 is 0. The van der Waals surface area contributed by atoms with Crippen LogP contribution in [0, 0.1) is 0 Å². The molecule has 0 saturated heterocycles. The molecule has 10 rings (SSSR count). The number of fused-ring (bicyclic) bond motifs is 3. The molecule has 0 spiro atoms. The molecule has 0 atom stereocenters. The number of hydrogen-bond acceptors (Lipinski definition) is 5. The lowest BCUT2D eigenvalue weighted by Crippen LogP contribution is -1.97. The molecule has 0 fully saturated rings. The van der Waals surface area contributed by atoms with Crippen LogP contribution in [0.3, 0.4) is 0 Å². The van der Waals surface area contributed by atoms with E-state index in [1.54, 1.807) is 6.20 Å². The smallest absolute Gasteiger partial charge is 0.160 e. The van der Waals surface area contributed by atoms with Gasteiger partial charge in [-0.3, -0.25) is 9.97 Å². The summed E-state index contributed by atoms with van der Waals surface area (Å²) in [5, 5.41) is 2.49. The van der Waals surface area contributed by atoms with E-state index in [1.807, 2.05) is 85.1 Å². The van der Waals surface area contributed by atoms with Crippen LogP contribution in [0.25, 0.3) is 95.3 Å². The summed E-state index contributed by atoms with van der Waals surface area (Å²) in [5.74, 6) is 0.666. The van der Waals surface area contributed by atoms with Crippen LogP contribution in [0.15, 0.2) is 194 Å². The lowest BCUT2D eigenvalue weighted by molar-refractivity contribution is 1.17. The molecule has 0 amide bonds. The van der Waals surface area contributed by atoms with Gasteiger partial charge in [0.15, 0.2) is 5.82 Å². The third kappa shape index (κ3) is 6.11. The second-order valence-electron chi connectivity index (χ2n) is 13.4. The Bertz CT molecular complexity index is 2830. The SMILES string of the molecule is c1ccc(-c2cc(-c3ccc(-c4cc(-c5ccc(-n6c7ccccc7c7ccccc76)cc5)cc(-c5ccccn5)n4)nc3)nc(-c3ccccc3)n2)cc1. The van der Waals surface area contributed by atoms with Crippen molar-refractivity contribution in [1.82, 2.24) is 29.5 Å². The molecule has 10 aromatic rings. The van der Waals surface area contributed by atoms with E-state index < -0.39 is 0 Å². The van der Waals surface area contributed by atoms with Crippen LogP contribution in [0.5, 0.6) is 0 Å². The third-order valence-electron chi connectivity index (χ3n) is 9.94. The van der Waals surface area contributed by atoms with E-state index in [0.717, 1.165) is 67.7 Å². The quantitative estimate of drug-likeness (QED) is 0.165. The average molecular weight is 705 g/mol. The molecule has 0 radical (unpaired) electrons. The average Bonchev–Trinajstić information content (AvgIpc) is 3.61. The molecule has 0 aliphatic carbocycles. The Labute approximate surface area is 318 Å². The number of para-hydroxylation sites is 2. The van der Waals surface area contributed by atoms with Gasteiger partial charge < -0.3 is 4.57 Å². The Morgan fingerprint density at radius 1 is 0.327 bits per heavy atom. The first-order chi connectivity index (χ1) is 27.2. The molecular weight excluding hydrogens is 673 g/mol. The fourth-order valence-corrected chi connectivity index (χ4v) is 7.24. The Kier molecular flexibility index (Phi) is 8.04. The summed E-state index contributed by atoms with van der Waals surface area (Å²) in [4.78, 5) is 24.6.